The van der Waals surface area contributed by atoms with Crippen LogP contribution in [0.3, 0.4) is 0 Å². The van der Waals surface area contributed by atoms with E-state index >= 15 is 0 Å². The summed E-state index contributed by atoms with van der Waals surface area (Å²) in [5.41, 5.74) is 0.904. The van der Waals surface area contributed by atoms with Gasteiger partial charge in [-0.2, -0.15) is 0 Å². The van der Waals surface area contributed by atoms with Crippen LogP contribution in [-0.4, -0.2) is 21.0 Å². The largest absolute Gasteiger partial charge is 0.384 e. The number of nitro groups is 1. The molecule has 1 N–H and O–H groups in total. The molecule has 0 saturated carbocycles. The number of aryl methyl sites for hydroxylation is 1. The van der Waals surface area contributed by atoms with Gasteiger partial charge in [-0.05, 0) is 22.0 Å². The fraction of sp³-hybridized carbons (Fsp3) is 0.250. The second-order valence-corrected chi connectivity index (χ2v) is 4.91. The highest BCUT2D eigenvalue weighted by atomic mass is 79.9. The van der Waals surface area contributed by atoms with E-state index in [1.165, 1.54) is 12.1 Å². The lowest BCUT2D eigenvalue weighted by molar-refractivity contribution is -0.384. The van der Waals surface area contributed by atoms with Crippen molar-refractivity contribution in [3.63, 3.8) is 0 Å². The summed E-state index contributed by atoms with van der Waals surface area (Å²) in [6.07, 6.45) is 4.45. The molecule has 1 aromatic carbocycles. The lowest BCUT2D eigenvalue weighted by atomic mass is 10.2. The maximum absolute atomic E-state index is 10.6. The van der Waals surface area contributed by atoms with Gasteiger partial charge in [-0.1, -0.05) is 0 Å². The number of nitrogens with zero attached hydrogens (tertiary/aromatic N) is 3. The zero-order valence-corrected chi connectivity index (χ0v) is 11.9. The Morgan fingerprint density at radius 2 is 2.32 bits per heavy atom. The summed E-state index contributed by atoms with van der Waals surface area (Å²) in [4.78, 5) is 14.4. The predicted octanol–water partition coefficient (Wildman–Crippen LogP) is 2.75. The standard InChI is InChI=1S/C12H13BrN4O2/c1-16-7-6-15-12(16)4-5-14-11-3-2-9(17(18)19)8-10(11)13/h2-3,6-8,14H,4-5H2,1H3. The number of halogens is 1. The summed E-state index contributed by atoms with van der Waals surface area (Å²) in [7, 11) is 1.95. The minimum atomic E-state index is -0.414. The molecule has 0 saturated heterocycles. The number of hydrogen-bond donors (Lipinski definition) is 1. The average molecular weight is 325 g/mol. The van der Waals surface area contributed by atoms with Gasteiger partial charge in [0.2, 0.25) is 0 Å². The zero-order chi connectivity index (χ0) is 13.8. The second-order valence-electron chi connectivity index (χ2n) is 4.05. The maximum atomic E-state index is 10.6. The van der Waals surface area contributed by atoms with Gasteiger partial charge in [-0.25, -0.2) is 4.98 Å². The van der Waals surface area contributed by atoms with E-state index in [0.29, 0.717) is 11.0 Å². The number of non-ortho nitro benzene ring substituents is 1. The molecule has 0 aliphatic carbocycles. The van der Waals surface area contributed by atoms with Crippen LogP contribution < -0.4 is 5.32 Å². The monoisotopic (exact) mass is 324 g/mol. The average Bonchev–Trinajstić information content (AvgIpc) is 2.77. The molecule has 19 heavy (non-hydrogen) atoms. The minimum Gasteiger partial charge on any atom is -0.384 e. The molecular formula is C12H13BrN4O2. The van der Waals surface area contributed by atoms with Crippen LogP contribution in [0.25, 0.3) is 0 Å². The van der Waals surface area contributed by atoms with Gasteiger partial charge in [0.25, 0.3) is 5.69 Å². The second kappa shape index (κ2) is 5.83. The predicted molar refractivity (Wildman–Crippen MR) is 76.2 cm³/mol. The Labute approximate surface area is 118 Å². The highest BCUT2D eigenvalue weighted by Crippen LogP contribution is 2.26. The van der Waals surface area contributed by atoms with Gasteiger partial charge in [0.05, 0.1) is 4.92 Å². The van der Waals surface area contributed by atoms with Gasteiger partial charge >= 0.3 is 0 Å². The van der Waals surface area contributed by atoms with Gasteiger partial charge in [0.15, 0.2) is 0 Å². The van der Waals surface area contributed by atoms with Crippen molar-refractivity contribution in [1.29, 1.82) is 0 Å². The summed E-state index contributed by atoms with van der Waals surface area (Å²) in [6, 6.07) is 4.66. The Kier molecular flexibility index (Phi) is 4.16. The Morgan fingerprint density at radius 1 is 1.53 bits per heavy atom. The Morgan fingerprint density at radius 3 is 2.89 bits per heavy atom. The molecule has 1 aromatic heterocycles. The fourth-order valence-electron chi connectivity index (χ4n) is 1.71. The van der Waals surface area contributed by atoms with Gasteiger partial charge in [0.1, 0.15) is 5.82 Å². The van der Waals surface area contributed by atoms with Crippen molar-refractivity contribution in [3.8, 4) is 0 Å². The van der Waals surface area contributed by atoms with Gasteiger partial charge in [-0.3, -0.25) is 10.1 Å². The molecule has 0 spiro atoms. The third kappa shape index (κ3) is 3.31. The van der Waals surface area contributed by atoms with Crippen LogP contribution in [0.1, 0.15) is 5.82 Å². The van der Waals surface area contributed by atoms with Crippen molar-refractivity contribution in [2.75, 3.05) is 11.9 Å². The lowest BCUT2D eigenvalue weighted by Gasteiger charge is -2.08. The zero-order valence-electron chi connectivity index (χ0n) is 10.3. The summed E-state index contributed by atoms with van der Waals surface area (Å²) in [5, 5.41) is 13.8. The molecule has 100 valence electrons. The molecule has 0 unspecified atom stereocenters. The van der Waals surface area contributed by atoms with Crippen molar-refractivity contribution in [2.24, 2.45) is 7.05 Å². The SMILES string of the molecule is Cn1ccnc1CCNc1ccc([N+](=O)[O-])cc1Br. The molecular weight excluding hydrogens is 312 g/mol. The molecule has 2 aromatic rings. The third-order valence-corrected chi connectivity index (χ3v) is 3.40. The highest BCUT2D eigenvalue weighted by Gasteiger charge is 2.08. The van der Waals surface area contributed by atoms with Gasteiger partial charge in [0, 0.05) is 54.7 Å². The van der Waals surface area contributed by atoms with Crippen LogP contribution in [0.2, 0.25) is 0 Å². The fourth-order valence-corrected chi connectivity index (χ4v) is 2.21. The number of hydrogen-bond acceptors (Lipinski definition) is 4. The first-order valence-corrected chi connectivity index (χ1v) is 6.51. The number of nitrogens with one attached hydrogen (secondary N) is 1. The molecule has 0 atom stereocenters. The van der Waals surface area contributed by atoms with Crippen LogP contribution in [0, 0.1) is 10.1 Å². The molecule has 0 radical (unpaired) electrons. The van der Waals surface area contributed by atoms with E-state index in [0.717, 1.165) is 17.9 Å². The summed E-state index contributed by atoms with van der Waals surface area (Å²) < 4.78 is 2.65. The van der Waals surface area contributed by atoms with Crippen LogP contribution in [0.5, 0.6) is 0 Å². The molecule has 1 heterocycles. The maximum Gasteiger partial charge on any atom is 0.270 e. The van der Waals surface area contributed by atoms with E-state index in [2.05, 4.69) is 26.2 Å². The number of imidazole rings is 1. The summed E-state index contributed by atoms with van der Waals surface area (Å²) >= 11 is 3.32. The smallest absolute Gasteiger partial charge is 0.270 e. The first-order chi connectivity index (χ1) is 9.08. The van der Waals surface area contributed by atoms with Crippen LogP contribution in [-0.2, 0) is 13.5 Å². The first-order valence-electron chi connectivity index (χ1n) is 5.72. The quantitative estimate of drug-likeness (QED) is 0.678. The van der Waals surface area contributed by atoms with Crippen molar-refractivity contribution in [3.05, 3.63) is 51.0 Å². The van der Waals surface area contributed by atoms with Crippen LogP contribution >= 0.6 is 15.9 Å². The van der Waals surface area contributed by atoms with Crippen molar-refractivity contribution >= 4 is 27.3 Å². The van der Waals surface area contributed by atoms with Crippen LogP contribution in [0.15, 0.2) is 35.1 Å². The van der Waals surface area contributed by atoms with E-state index in [1.54, 1.807) is 12.3 Å². The third-order valence-electron chi connectivity index (χ3n) is 2.75. The topological polar surface area (TPSA) is 73.0 Å². The summed E-state index contributed by atoms with van der Waals surface area (Å²) in [5.74, 6) is 0.991. The number of benzene rings is 1. The van der Waals surface area contributed by atoms with Crippen molar-refractivity contribution in [2.45, 2.75) is 6.42 Å². The molecule has 0 aliphatic heterocycles. The van der Waals surface area contributed by atoms with Gasteiger partial charge in [-0.15, -0.1) is 0 Å². The summed E-state index contributed by atoms with van der Waals surface area (Å²) in [6.45, 7) is 0.710. The Hall–Kier alpha value is -1.89. The van der Waals surface area contributed by atoms with Crippen molar-refractivity contribution in [1.82, 2.24) is 9.55 Å². The van der Waals surface area contributed by atoms with E-state index in [9.17, 15) is 10.1 Å². The molecule has 0 aliphatic rings. The minimum absolute atomic E-state index is 0.0709. The van der Waals surface area contributed by atoms with E-state index in [4.69, 9.17) is 0 Å². The van der Waals surface area contributed by atoms with Gasteiger partial charge < -0.3 is 9.88 Å². The lowest BCUT2D eigenvalue weighted by Crippen LogP contribution is -2.09. The number of aromatic nitrogens is 2. The van der Waals surface area contributed by atoms with E-state index < -0.39 is 4.92 Å². The van der Waals surface area contributed by atoms with E-state index in [1.807, 2.05) is 17.8 Å². The number of anilines is 1. The van der Waals surface area contributed by atoms with Crippen LogP contribution in [0.4, 0.5) is 11.4 Å². The molecule has 6 nitrogen and oxygen atoms in total. The first kappa shape index (κ1) is 13.5. The number of rotatable bonds is 5. The molecule has 2 rings (SSSR count). The van der Waals surface area contributed by atoms with Crippen molar-refractivity contribution < 1.29 is 4.92 Å². The molecule has 0 fully saturated rings. The normalized spacial score (nSPS) is 10.4. The molecule has 0 amide bonds. The van der Waals surface area contributed by atoms with E-state index in [-0.39, 0.29) is 5.69 Å². The number of nitro benzene ring substituents is 1. The Bertz CT molecular complexity index is 597. The highest BCUT2D eigenvalue weighted by molar-refractivity contribution is 9.10. The molecule has 7 heteroatoms. The molecule has 0 bridgehead atoms. The Balaban J connectivity index is 1.96.